The Morgan fingerprint density at radius 3 is 2.70 bits per heavy atom. The Morgan fingerprint density at radius 1 is 1.20 bits per heavy atom. The molecule has 11 heteroatoms. The molecular weight excluding hydrogens is 388 g/mol. The first-order chi connectivity index (χ1) is 14.6. The molecule has 11 nitrogen and oxygen atoms in total. The fraction of sp³-hybridized carbons (Fsp3) is 0.263. The lowest BCUT2D eigenvalue weighted by Crippen LogP contribution is -2.22. The number of benzene rings is 1. The molecule has 0 aliphatic heterocycles. The number of carbonyl (C=O) groups is 2. The minimum atomic E-state index is -0.421. The van der Waals surface area contributed by atoms with Gasteiger partial charge in [0.25, 0.3) is 5.91 Å². The number of para-hydroxylation sites is 1. The van der Waals surface area contributed by atoms with Gasteiger partial charge in [-0.25, -0.2) is 4.98 Å². The lowest BCUT2D eigenvalue weighted by molar-refractivity contribution is -0.117. The Morgan fingerprint density at radius 2 is 2.03 bits per heavy atom. The van der Waals surface area contributed by atoms with E-state index in [4.69, 9.17) is 4.74 Å². The molecule has 0 atom stereocenters. The summed E-state index contributed by atoms with van der Waals surface area (Å²) in [7, 11) is 3.04. The molecule has 4 N–H and O–H groups in total. The second-order valence-electron chi connectivity index (χ2n) is 6.68. The zero-order valence-electron chi connectivity index (χ0n) is 16.4. The number of ether oxygens (including phenoxy) is 1. The highest BCUT2D eigenvalue weighted by Crippen LogP contribution is 2.37. The Bertz CT molecular complexity index is 1080. The monoisotopic (exact) mass is 408 g/mol. The molecule has 2 aromatic heterocycles. The first kappa shape index (κ1) is 19.3. The maximum Gasteiger partial charge on any atom is 0.273 e. The standard InChI is InChI=1S/C19H20N8O3/c1-20-19(29)15-13(8-14(25-26-15)24-18(28)10-6-7-10)23-12-5-3-4-11(16(12)30-2)17-21-9-22-27-17/h3-5,8-10H,6-7H2,1-2H3,(H,20,29)(H,21,22,27)(H2,23,24,25,28). The third kappa shape index (κ3) is 3.90. The molecule has 0 radical (unpaired) electrons. The highest BCUT2D eigenvalue weighted by Gasteiger charge is 2.30. The summed E-state index contributed by atoms with van der Waals surface area (Å²) in [5, 5.41) is 23.1. The van der Waals surface area contributed by atoms with Crippen molar-refractivity contribution in [3.8, 4) is 17.1 Å². The van der Waals surface area contributed by atoms with Crippen LogP contribution in [0.15, 0.2) is 30.6 Å². The highest BCUT2D eigenvalue weighted by atomic mass is 16.5. The average Bonchev–Trinajstić information content (AvgIpc) is 3.48. The van der Waals surface area contributed by atoms with E-state index in [-0.39, 0.29) is 23.3 Å². The van der Waals surface area contributed by atoms with Crippen LogP contribution in [0.3, 0.4) is 0 Å². The molecule has 0 unspecified atom stereocenters. The maximum absolute atomic E-state index is 12.3. The number of H-pyrrole nitrogens is 1. The van der Waals surface area contributed by atoms with Gasteiger partial charge in [-0.2, -0.15) is 5.10 Å². The van der Waals surface area contributed by atoms with E-state index < -0.39 is 5.91 Å². The van der Waals surface area contributed by atoms with E-state index >= 15 is 0 Å². The van der Waals surface area contributed by atoms with Gasteiger partial charge in [0, 0.05) is 19.0 Å². The number of carbonyl (C=O) groups excluding carboxylic acids is 2. The number of hydrogen-bond donors (Lipinski definition) is 4. The number of nitrogens with zero attached hydrogens (tertiary/aromatic N) is 4. The van der Waals surface area contributed by atoms with E-state index in [1.165, 1.54) is 20.5 Å². The van der Waals surface area contributed by atoms with Gasteiger partial charge in [-0.15, -0.1) is 10.2 Å². The molecule has 1 fully saturated rings. The van der Waals surface area contributed by atoms with Crippen LogP contribution in [0.25, 0.3) is 11.4 Å². The van der Waals surface area contributed by atoms with Crippen molar-refractivity contribution in [1.29, 1.82) is 0 Å². The number of anilines is 3. The lowest BCUT2D eigenvalue weighted by Gasteiger charge is -2.16. The van der Waals surface area contributed by atoms with Crippen LogP contribution in [-0.2, 0) is 4.79 Å². The Balaban J connectivity index is 1.71. The highest BCUT2D eigenvalue weighted by molar-refractivity contribution is 6.00. The van der Waals surface area contributed by atoms with Gasteiger partial charge in [0.15, 0.2) is 23.1 Å². The second-order valence-corrected chi connectivity index (χ2v) is 6.68. The Kier molecular flexibility index (Phi) is 5.24. The molecule has 2 amide bonds. The lowest BCUT2D eigenvalue weighted by atomic mass is 10.1. The summed E-state index contributed by atoms with van der Waals surface area (Å²) in [6, 6.07) is 7.00. The molecule has 1 aliphatic carbocycles. The molecule has 1 aromatic carbocycles. The van der Waals surface area contributed by atoms with Crippen LogP contribution < -0.4 is 20.7 Å². The zero-order chi connectivity index (χ0) is 21.1. The van der Waals surface area contributed by atoms with Crippen molar-refractivity contribution in [2.45, 2.75) is 12.8 Å². The van der Waals surface area contributed by atoms with Gasteiger partial charge >= 0.3 is 0 Å². The molecular formula is C19H20N8O3. The quantitative estimate of drug-likeness (QED) is 0.462. The Hall–Kier alpha value is -4.02. The third-order valence-corrected chi connectivity index (χ3v) is 4.59. The van der Waals surface area contributed by atoms with E-state index in [0.717, 1.165) is 12.8 Å². The van der Waals surface area contributed by atoms with Crippen LogP contribution >= 0.6 is 0 Å². The van der Waals surface area contributed by atoms with E-state index in [9.17, 15) is 9.59 Å². The smallest absolute Gasteiger partial charge is 0.273 e. The summed E-state index contributed by atoms with van der Waals surface area (Å²) >= 11 is 0. The van der Waals surface area contributed by atoms with Crippen molar-refractivity contribution < 1.29 is 14.3 Å². The average molecular weight is 408 g/mol. The SMILES string of the molecule is CNC(=O)c1nnc(NC(=O)C2CC2)cc1Nc1cccc(-c2ncn[nH]2)c1OC. The topological polar surface area (TPSA) is 147 Å². The van der Waals surface area contributed by atoms with Crippen LogP contribution in [0.1, 0.15) is 23.3 Å². The van der Waals surface area contributed by atoms with Crippen molar-refractivity contribution in [3.63, 3.8) is 0 Å². The van der Waals surface area contributed by atoms with Gasteiger partial charge in [0.1, 0.15) is 6.33 Å². The number of methoxy groups -OCH3 is 1. The summed E-state index contributed by atoms with van der Waals surface area (Å²) in [4.78, 5) is 28.5. The summed E-state index contributed by atoms with van der Waals surface area (Å²) in [5.41, 5.74) is 1.70. The fourth-order valence-electron chi connectivity index (χ4n) is 2.93. The number of aromatic amines is 1. The minimum absolute atomic E-state index is 0.0144. The minimum Gasteiger partial charge on any atom is -0.494 e. The van der Waals surface area contributed by atoms with Crippen LogP contribution in [0.4, 0.5) is 17.2 Å². The largest absolute Gasteiger partial charge is 0.494 e. The molecule has 4 rings (SSSR count). The predicted molar refractivity (Wildman–Crippen MR) is 108 cm³/mol. The number of nitrogens with one attached hydrogen (secondary N) is 4. The predicted octanol–water partition coefficient (Wildman–Crippen LogP) is 1.72. The van der Waals surface area contributed by atoms with Gasteiger partial charge in [-0.3, -0.25) is 14.7 Å². The van der Waals surface area contributed by atoms with E-state index in [2.05, 4.69) is 41.3 Å². The normalized spacial score (nSPS) is 12.9. The van der Waals surface area contributed by atoms with E-state index in [0.29, 0.717) is 28.5 Å². The second kappa shape index (κ2) is 8.15. The zero-order valence-corrected chi connectivity index (χ0v) is 16.4. The van der Waals surface area contributed by atoms with E-state index in [1.807, 2.05) is 12.1 Å². The summed E-state index contributed by atoms with van der Waals surface area (Å²) in [5.74, 6) is 0.779. The van der Waals surface area contributed by atoms with Gasteiger partial charge < -0.3 is 20.7 Å². The van der Waals surface area contributed by atoms with Gasteiger partial charge in [0.05, 0.1) is 24.0 Å². The summed E-state index contributed by atoms with van der Waals surface area (Å²) in [6.07, 6.45) is 3.14. The maximum atomic E-state index is 12.3. The van der Waals surface area contributed by atoms with Crippen LogP contribution in [0.2, 0.25) is 0 Å². The van der Waals surface area contributed by atoms with Gasteiger partial charge in [-0.05, 0) is 25.0 Å². The third-order valence-electron chi connectivity index (χ3n) is 4.59. The van der Waals surface area contributed by atoms with Crippen molar-refractivity contribution in [3.05, 3.63) is 36.3 Å². The number of hydrogen-bond acceptors (Lipinski definition) is 8. The molecule has 0 bridgehead atoms. The molecule has 0 saturated heterocycles. The summed E-state index contributed by atoms with van der Waals surface area (Å²) in [6.45, 7) is 0. The van der Waals surface area contributed by atoms with Gasteiger partial charge in [0.2, 0.25) is 5.91 Å². The number of amides is 2. The van der Waals surface area contributed by atoms with Crippen LogP contribution in [-0.4, -0.2) is 51.4 Å². The first-order valence-corrected chi connectivity index (χ1v) is 9.31. The van der Waals surface area contributed by atoms with Gasteiger partial charge in [-0.1, -0.05) is 6.07 Å². The van der Waals surface area contributed by atoms with E-state index in [1.54, 1.807) is 12.1 Å². The number of aromatic nitrogens is 5. The summed E-state index contributed by atoms with van der Waals surface area (Å²) < 4.78 is 5.58. The molecule has 1 saturated carbocycles. The molecule has 1 aliphatic rings. The van der Waals surface area contributed by atoms with Crippen LogP contribution in [0.5, 0.6) is 5.75 Å². The van der Waals surface area contributed by atoms with Crippen molar-refractivity contribution >= 4 is 29.0 Å². The number of rotatable bonds is 7. The molecule has 3 aromatic rings. The Labute approximate surface area is 171 Å². The molecule has 30 heavy (non-hydrogen) atoms. The fourth-order valence-corrected chi connectivity index (χ4v) is 2.93. The molecule has 154 valence electrons. The first-order valence-electron chi connectivity index (χ1n) is 9.31. The molecule has 2 heterocycles. The molecule has 0 spiro atoms. The van der Waals surface area contributed by atoms with Crippen molar-refractivity contribution in [1.82, 2.24) is 30.7 Å². The van der Waals surface area contributed by atoms with Crippen molar-refractivity contribution in [2.75, 3.05) is 24.8 Å². The van der Waals surface area contributed by atoms with Crippen molar-refractivity contribution in [2.24, 2.45) is 5.92 Å². The van der Waals surface area contributed by atoms with Crippen LogP contribution in [0, 0.1) is 5.92 Å².